The molecule has 1 saturated heterocycles. The van der Waals surface area contributed by atoms with Gasteiger partial charge in [0.15, 0.2) is 11.6 Å². The van der Waals surface area contributed by atoms with Crippen LogP contribution in [0.4, 0.5) is 4.39 Å². The van der Waals surface area contributed by atoms with Crippen LogP contribution < -0.4 is 10.5 Å². The summed E-state index contributed by atoms with van der Waals surface area (Å²) in [6, 6.07) is 5.11. The van der Waals surface area contributed by atoms with E-state index in [0.29, 0.717) is 6.54 Å². The average Bonchev–Trinajstić information content (AvgIpc) is 2.55. The van der Waals surface area contributed by atoms with Gasteiger partial charge in [0.1, 0.15) is 6.04 Å². The number of hydrogen-bond acceptors (Lipinski definition) is 4. The van der Waals surface area contributed by atoms with E-state index in [1.807, 2.05) is 0 Å². The smallest absolute Gasteiger partial charge is 0.242 e. The number of hydrogen-bond donors (Lipinski definition) is 1. The minimum atomic E-state index is -0.826. The first-order valence-corrected chi connectivity index (χ1v) is 7.61. The number of piperazine rings is 1. The fourth-order valence-electron chi connectivity index (χ4n) is 2.60. The van der Waals surface area contributed by atoms with Crippen LogP contribution in [-0.2, 0) is 14.4 Å². The van der Waals surface area contributed by atoms with Crippen molar-refractivity contribution in [3.63, 3.8) is 0 Å². The Morgan fingerprint density at radius 3 is 2.62 bits per heavy atom. The number of benzene rings is 1. The molecule has 1 fully saturated rings. The standard InChI is InChI=1S/C16H20FN3O4/c1-11(21)20-8-7-19(10-13(20)16(18)23)15(22)6-9-24-14-5-3-2-4-12(14)17/h2-5,13H,6-10H2,1H3,(H2,18,23)/t13-/m1/s1. The van der Waals surface area contributed by atoms with E-state index in [1.165, 1.54) is 28.9 Å². The van der Waals surface area contributed by atoms with Gasteiger partial charge in [0.2, 0.25) is 17.7 Å². The molecule has 0 aromatic heterocycles. The van der Waals surface area contributed by atoms with Gasteiger partial charge >= 0.3 is 0 Å². The van der Waals surface area contributed by atoms with Crippen LogP contribution >= 0.6 is 0 Å². The second kappa shape index (κ2) is 7.76. The maximum absolute atomic E-state index is 13.4. The molecule has 2 N–H and O–H groups in total. The average molecular weight is 337 g/mol. The van der Waals surface area contributed by atoms with Gasteiger partial charge in [0.05, 0.1) is 19.6 Å². The minimum Gasteiger partial charge on any atom is -0.490 e. The normalized spacial score (nSPS) is 17.5. The molecular formula is C16H20FN3O4. The van der Waals surface area contributed by atoms with Crippen LogP contribution in [0.15, 0.2) is 24.3 Å². The third-order valence-electron chi connectivity index (χ3n) is 3.88. The third-order valence-corrected chi connectivity index (χ3v) is 3.88. The van der Waals surface area contributed by atoms with E-state index in [2.05, 4.69) is 0 Å². The van der Waals surface area contributed by atoms with Crippen molar-refractivity contribution in [2.24, 2.45) is 5.73 Å². The van der Waals surface area contributed by atoms with Crippen molar-refractivity contribution in [3.8, 4) is 5.75 Å². The molecule has 1 aliphatic rings. The summed E-state index contributed by atoms with van der Waals surface area (Å²) >= 11 is 0. The van der Waals surface area contributed by atoms with E-state index < -0.39 is 17.8 Å². The molecule has 0 bridgehead atoms. The van der Waals surface area contributed by atoms with Crippen LogP contribution in [-0.4, -0.2) is 59.8 Å². The van der Waals surface area contributed by atoms with Crippen LogP contribution in [0.2, 0.25) is 0 Å². The summed E-state index contributed by atoms with van der Waals surface area (Å²) in [6.07, 6.45) is 0.0416. The third kappa shape index (κ3) is 4.21. The van der Waals surface area contributed by atoms with Crippen molar-refractivity contribution in [1.82, 2.24) is 9.80 Å². The van der Waals surface area contributed by atoms with Crippen LogP contribution in [0, 0.1) is 5.82 Å². The highest BCUT2D eigenvalue weighted by atomic mass is 19.1. The SMILES string of the molecule is CC(=O)N1CCN(C(=O)CCOc2ccccc2F)C[C@@H]1C(N)=O. The molecular weight excluding hydrogens is 317 g/mol. The van der Waals surface area contributed by atoms with Crippen LogP contribution in [0.5, 0.6) is 5.75 Å². The lowest BCUT2D eigenvalue weighted by Crippen LogP contribution is -2.60. The van der Waals surface area contributed by atoms with E-state index in [9.17, 15) is 18.8 Å². The van der Waals surface area contributed by atoms with E-state index in [-0.39, 0.29) is 43.7 Å². The highest BCUT2D eigenvalue weighted by molar-refractivity contribution is 5.87. The molecule has 0 radical (unpaired) electrons. The van der Waals surface area contributed by atoms with Crippen LogP contribution in [0.3, 0.4) is 0 Å². The molecule has 8 heteroatoms. The van der Waals surface area contributed by atoms with Crippen LogP contribution in [0.25, 0.3) is 0 Å². The van der Waals surface area contributed by atoms with E-state index in [4.69, 9.17) is 10.5 Å². The van der Waals surface area contributed by atoms with E-state index in [0.717, 1.165) is 0 Å². The summed E-state index contributed by atoms with van der Waals surface area (Å²) in [5.41, 5.74) is 5.31. The molecule has 1 atom stereocenters. The monoisotopic (exact) mass is 337 g/mol. The summed E-state index contributed by atoms with van der Waals surface area (Å²) in [5, 5.41) is 0. The zero-order valence-corrected chi connectivity index (χ0v) is 13.4. The molecule has 0 saturated carbocycles. The van der Waals surface area contributed by atoms with Crippen molar-refractivity contribution < 1.29 is 23.5 Å². The van der Waals surface area contributed by atoms with Crippen molar-refractivity contribution in [2.75, 3.05) is 26.2 Å². The minimum absolute atomic E-state index is 0.0218. The molecule has 1 aliphatic heterocycles. The first-order valence-electron chi connectivity index (χ1n) is 7.61. The lowest BCUT2D eigenvalue weighted by molar-refractivity contribution is -0.146. The summed E-state index contributed by atoms with van der Waals surface area (Å²) in [6.45, 7) is 2.02. The lowest BCUT2D eigenvalue weighted by atomic mass is 10.1. The molecule has 7 nitrogen and oxygen atoms in total. The summed E-state index contributed by atoms with van der Waals surface area (Å²) in [4.78, 5) is 38.1. The molecule has 2 rings (SSSR count). The Labute approximate surface area is 139 Å². The zero-order chi connectivity index (χ0) is 17.7. The molecule has 0 unspecified atom stereocenters. The number of amides is 3. The molecule has 1 aromatic carbocycles. The first kappa shape index (κ1) is 17.7. The molecule has 0 aliphatic carbocycles. The van der Waals surface area contributed by atoms with Crippen molar-refractivity contribution in [1.29, 1.82) is 0 Å². The molecule has 1 aromatic rings. The second-order valence-corrected chi connectivity index (χ2v) is 5.50. The number of para-hydroxylation sites is 1. The predicted octanol–water partition coefficient (Wildman–Crippen LogP) is 0.139. The summed E-state index contributed by atoms with van der Waals surface area (Å²) in [7, 11) is 0. The topological polar surface area (TPSA) is 92.9 Å². The highest BCUT2D eigenvalue weighted by Crippen LogP contribution is 2.16. The Bertz CT molecular complexity index is 638. The number of halogens is 1. The fourth-order valence-corrected chi connectivity index (χ4v) is 2.60. The quantitative estimate of drug-likeness (QED) is 0.827. The van der Waals surface area contributed by atoms with Gasteiger partial charge in [-0.05, 0) is 12.1 Å². The Morgan fingerprint density at radius 2 is 2.00 bits per heavy atom. The Balaban J connectivity index is 1.88. The van der Waals surface area contributed by atoms with Gasteiger partial charge in [-0.15, -0.1) is 0 Å². The Hall–Kier alpha value is -2.64. The van der Waals surface area contributed by atoms with Gasteiger partial charge in [-0.3, -0.25) is 14.4 Å². The number of carbonyl (C=O) groups is 3. The van der Waals surface area contributed by atoms with Gasteiger partial charge in [0.25, 0.3) is 0 Å². The number of primary amides is 1. The van der Waals surface area contributed by atoms with Crippen molar-refractivity contribution in [3.05, 3.63) is 30.1 Å². The molecule has 0 spiro atoms. The number of nitrogens with zero attached hydrogens (tertiary/aromatic N) is 2. The Morgan fingerprint density at radius 1 is 1.29 bits per heavy atom. The zero-order valence-electron chi connectivity index (χ0n) is 13.4. The first-order chi connectivity index (χ1) is 11.4. The van der Waals surface area contributed by atoms with Crippen LogP contribution in [0.1, 0.15) is 13.3 Å². The molecule has 1 heterocycles. The van der Waals surface area contributed by atoms with Gasteiger partial charge in [-0.2, -0.15) is 0 Å². The van der Waals surface area contributed by atoms with E-state index in [1.54, 1.807) is 12.1 Å². The molecule has 3 amide bonds. The summed E-state index contributed by atoms with van der Waals surface area (Å²) < 4.78 is 18.7. The number of rotatable bonds is 5. The number of carbonyl (C=O) groups excluding carboxylic acids is 3. The van der Waals surface area contributed by atoms with E-state index >= 15 is 0 Å². The molecule has 130 valence electrons. The van der Waals surface area contributed by atoms with Gasteiger partial charge in [-0.25, -0.2) is 4.39 Å². The van der Waals surface area contributed by atoms with Gasteiger partial charge in [0, 0.05) is 20.0 Å². The number of nitrogens with two attached hydrogens (primary N) is 1. The lowest BCUT2D eigenvalue weighted by Gasteiger charge is -2.39. The maximum atomic E-state index is 13.4. The van der Waals surface area contributed by atoms with Crippen molar-refractivity contribution >= 4 is 17.7 Å². The maximum Gasteiger partial charge on any atom is 0.242 e. The number of ether oxygens (including phenoxy) is 1. The van der Waals surface area contributed by atoms with Crippen molar-refractivity contribution in [2.45, 2.75) is 19.4 Å². The van der Waals surface area contributed by atoms with Gasteiger partial charge < -0.3 is 20.3 Å². The highest BCUT2D eigenvalue weighted by Gasteiger charge is 2.34. The summed E-state index contributed by atoms with van der Waals surface area (Å²) in [5.74, 6) is -1.55. The van der Waals surface area contributed by atoms with Gasteiger partial charge in [-0.1, -0.05) is 12.1 Å². The molecule has 24 heavy (non-hydrogen) atoms. The fraction of sp³-hybridized carbons (Fsp3) is 0.438. The second-order valence-electron chi connectivity index (χ2n) is 5.50. The Kier molecular flexibility index (Phi) is 5.73. The largest absolute Gasteiger partial charge is 0.490 e. The predicted molar refractivity (Wildman–Crippen MR) is 83.5 cm³/mol.